The van der Waals surface area contributed by atoms with Crippen molar-refractivity contribution < 1.29 is 9.53 Å². The van der Waals surface area contributed by atoms with Crippen molar-refractivity contribution in [1.82, 2.24) is 0 Å². The molecule has 0 spiro atoms. The molecule has 0 aromatic heterocycles. The summed E-state index contributed by atoms with van der Waals surface area (Å²) in [6.07, 6.45) is 19.8. The molecule has 34 heavy (non-hydrogen) atoms. The molecule has 3 nitrogen and oxygen atoms in total. The largest absolute Gasteiger partial charge is 0.459 e. The van der Waals surface area contributed by atoms with Crippen LogP contribution in [0.4, 0.5) is 0 Å². The molecule has 0 atom stereocenters. The van der Waals surface area contributed by atoms with E-state index in [0.717, 1.165) is 44.4 Å². The van der Waals surface area contributed by atoms with E-state index in [9.17, 15) is 10.1 Å². The monoisotopic (exact) mass is 465 g/mol. The minimum absolute atomic E-state index is 0.0489. The normalized spacial score (nSPS) is 27.1. The second-order valence-corrected chi connectivity index (χ2v) is 11.1. The number of ether oxygens (including phenoxy) is 1. The van der Waals surface area contributed by atoms with E-state index in [1.807, 2.05) is 12.1 Å². The predicted octanol–water partition coefficient (Wildman–Crippen LogP) is 9.12. The fourth-order valence-corrected chi connectivity index (χ4v) is 6.13. The molecule has 0 bridgehead atoms. The molecule has 3 heteroatoms. The number of esters is 1. The summed E-state index contributed by atoms with van der Waals surface area (Å²) in [7, 11) is 0. The van der Waals surface area contributed by atoms with E-state index < -0.39 is 0 Å². The first-order chi connectivity index (χ1) is 16.6. The van der Waals surface area contributed by atoms with E-state index >= 15 is 0 Å². The Morgan fingerprint density at radius 2 is 1.56 bits per heavy atom. The van der Waals surface area contributed by atoms with Gasteiger partial charge < -0.3 is 4.74 Å². The Morgan fingerprint density at radius 1 is 0.912 bits per heavy atom. The zero-order valence-electron chi connectivity index (χ0n) is 21.8. The molecule has 2 aliphatic carbocycles. The van der Waals surface area contributed by atoms with E-state index in [0.29, 0.717) is 11.5 Å². The third-order valence-electron chi connectivity index (χ3n) is 8.59. The van der Waals surface area contributed by atoms with Crippen LogP contribution in [0.5, 0.6) is 0 Å². The van der Waals surface area contributed by atoms with Crippen LogP contribution in [0.3, 0.4) is 0 Å². The number of hydrogen-bond acceptors (Lipinski definition) is 3. The topological polar surface area (TPSA) is 50.1 Å². The van der Waals surface area contributed by atoms with Gasteiger partial charge in [0.25, 0.3) is 0 Å². The molecular formula is C31H47NO2. The van der Waals surface area contributed by atoms with Crippen LogP contribution in [-0.4, -0.2) is 12.1 Å². The van der Waals surface area contributed by atoms with Gasteiger partial charge in [-0.15, -0.1) is 0 Å². The summed E-state index contributed by atoms with van der Waals surface area (Å²) in [4.78, 5) is 12.8. The Morgan fingerprint density at radius 3 is 2.18 bits per heavy atom. The van der Waals surface area contributed by atoms with Crippen molar-refractivity contribution in [1.29, 1.82) is 5.26 Å². The number of unbranched alkanes of at least 4 members (excludes halogenated alkanes) is 5. The number of hydrogen-bond donors (Lipinski definition) is 0. The van der Waals surface area contributed by atoms with Gasteiger partial charge in [0.1, 0.15) is 6.10 Å². The maximum Gasteiger partial charge on any atom is 0.338 e. The molecule has 0 amide bonds. The molecule has 2 aliphatic rings. The first-order valence-corrected chi connectivity index (χ1v) is 14.3. The highest BCUT2D eigenvalue weighted by atomic mass is 16.5. The van der Waals surface area contributed by atoms with Crippen LogP contribution < -0.4 is 0 Å². The molecule has 0 radical (unpaired) electrons. The SMILES string of the molecule is CCCCCCCC1(C#N)CCC(OC(=O)c2ccc(C3CCC(CCCC)CC3)cc2)CC1. The number of nitriles is 1. The summed E-state index contributed by atoms with van der Waals surface area (Å²) < 4.78 is 5.86. The quantitative estimate of drug-likeness (QED) is 0.228. The molecule has 2 fully saturated rings. The average Bonchev–Trinajstić information content (AvgIpc) is 2.89. The summed E-state index contributed by atoms with van der Waals surface area (Å²) >= 11 is 0. The molecule has 1 aromatic carbocycles. The van der Waals surface area contributed by atoms with Gasteiger partial charge in [0.05, 0.1) is 17.0 Å². The third kappa shape index (κ3) is 7.86. The molecule has 0 saturated heterocycles. The Kier molecular flexibility index (Phi) is 11.0. The predicted molar refractivity (Wildman–Crippen MR) is 140 cm³/mol. The van der Waals surface area contributed by atoms with Gasteiger partial charge >= 0.3 is 5.97 Å². The van der Waals surface area contributed by atoms with Crippen molar-refractivity contribution in [3.8, 4) is 6.07 Å². The van der Waals surface area contributed by atoms with Crippen molar-refractivity contribution in [2.24, 2.45) is 11.3 Å². The Labute approximate surface area is 208 Å². The lowest BCUT2D eigenvalue weighted by Crippen LogP contribution is -2.31. The van der Waals surface area contributed by atoms with Gasteiger partial charge in [-0.25, -0.2) is 4.79 Å². The third-order valence-corrected chi connectivity index (χ3v) is 8.59. The van der Waals surface area contributed by atoms with Gasteiger partial charge in [0.2, 0.25) is 0 Å². The highest BCUT2D eigenvalue weighted by Gasteiger charge is 2.36. The first kappa shape index (κ1) is 26.8. The lowest BCUT2D eigenvalue weighted by molar-refractivity contribution is 0.0105. The minimum atomic E-state index is -0.205. The van der Waals surface area contributed by atoms with Crippen LogP contribution in [0.15, 0.2) is 24.3 Å². The van der Waals surface area contributed by atoms with Crippen molar-refractivity contribution in [3.05, 3.63) is 35.4 Å². The van der Waals surface area contributed by atoms with Crippen LogP contribution in [0.25, 0.3) is 0 Å². The Hall–Kier alpha value is -1.82. The van der Waals surface area contributed by atoms with Gasteiger partial charge in [-0.3, -0.25) is 0 Å². The van der Waals surface area contributed by atoms with E-state index in [2.05, 4.69) is 32.0 Å². The summed E-state index contributed by atoms with van der Waals surface area (Å²) in [5.74, 6) is 1.35. The van der Waals surface area contributed by atoms with Gasteiger partial charge in [-0.2, -0.15) is 5.26 Å². The maximum atomic E-state index is 12.8. The van der Waals surface area contributed by atoms with Crippen LogP contribution in [0.1, 0.15) is 145 Å². The van der Waals surface area contributed by atoms with Crippen molar-refractivity contribution in [2.45, 2.75) is 135 Å². The number of carbonyl (C=O) groups excluding carboxylic acids is 1. The van der Waals surface area contributed by atoms with Crippen molar-refractivity contribution >= 4 is 5.97 Å². The molecule has 0 unspecified atom stereocenters. The van der Waals surface area contributed by atoms with E-state index in [1.165, 1.54) is 76.2 Å². The lowest BCUT2D eigenvalue weighted by Gasteiger charge is -2.34. The molecule has 1 aromatic rings. The van der Waals surface area contributed by atoms with Gasteiger partial charge in [-0.05, 0) is 87.3 Å². The number of benzene rings is 1. The fraction of sp³-hybridized carbons (Fsp3) is 0.742. The number of carbonyl (C=O) groups is 1. The number of nitrogens with zero attached hydrogens (tertiary/aromatic N) is 1. The van der Waals surface area contributed by atoms with Gasteiger partial charge in [-0.1, -0.05) is 77.3 Å². The van der Waals surface area contributed by atoms with E-state index in [4.69, 9.17) is 4.74 Å². The first-order valence-electron chi connectivity index (χ1n) is 14.3. The standard InChI is InChI=1S/C31H47NO2/c1-3-5-7-8-9-21-31(24-32)22-19-29(20-23-31)34-30(33)28-17-15-27(16-18-28)26-13-11-25(12-14-26)10-6-4-2/h15-18,25-26,29H,3-14,19-23H2,1-2H3. The van der Waals surface area contributed by atoms with E-state index in [1.54, 1.807) is 0 Å². The van der Waals surface area contributed by atoms with Crippen LogP contribution >= 0.6 is 0 Å². The van der Waals surface area contributed by atoms with Crippen LogP contribution in [0.2, 0.25) is 0 Å². The van der Waals surface area contributed by atoms with E-state index in [-0.39, 0.29) is 17.5 Å². The zero-order valence-corrected chi connectivity index (χ0v) is 21.8. The second-order valence-electron chi connectivity index (χ2n) is 11.1. The van der Waals surface area contributed by atoms with Gasteiger partial charge in [0.15, 0.2) is 0 Å². The van der Waals surface area contributed by atoms with Gasteiger partial charge in [0, 0.05) is 0 Å². The molecule has 0 aliphatic heterocycles. The molecule has 0 N–H and O–H groups in total. The highest BCUT2D eigenvalue weighted by molar-refractivity contribution is 5.89. The van der Waals surface area contributed by atoms with Crippen LogP contribution in [-0.2, 0) is 4.74 Å². The van der Waals surface area contributed by atoms with Crippen molar-refractivity contribution in [2.75, 3.05) is 0 Å². The summed E-state index contributed by atoms with van der Waals surface area (Å²) in [5.41, 5.74) is 1.83. The molecule has 0 heterocycles. The van der Waals surface area contributed by atoms with Crippen molar-refractivity contribution in [3.63, 3.8) is 0 Å². The molecule has 188 valence electrons. The number of rotatable bonds is 12. The molecule has 2 saturated carbocycles. The Bertz CT molecular complexity index is 762. The average molecular weight is 466 g/mol. The summed E-state index contributed by atoms with van der Waals surface area (Å²) in [6.45, 7) is 4.51. The molecule has 3 rings (SSSR count). The zero-order chi connectivity index (χ0) is 24.2. The summed E-state index contributed by atoms with van der Waals surface area (Å²) in [6, 6.07) is 10.8. The molecular weight excluding hydrogens is 418 g/mol. The summed E-state index contributed by atoms with van der Waals surface area (Å²) in [5, 5.41) is 9.82. The minimum Gasteiger partial charge on any atom is -0.459 e. The van der Waals surface area contributed by atoms with Crippen LogP contribution in [0, 0.1) is 22.7 Å². The maximum absolute atomic E-state index is 12.8. The fourth-order valence-electron chi connectivity index (χ4n) is 6.13. The second kappa shape index (κ2) is 13.9. The smallest absolute Gasteiger partial charge is 0.338 e. The lowest BCUT2D eigenvalue weighted by atomic mass is 9.71. The Balaban J connectivity index is 1.42. The highest BCUT2D eigenvalue weighted by Crippen LogP contribution is 2.41.